The van der Waals surface area contributed by atoms with E-state index in [0.717, 1.165) is 5.56 Å². The second-order valence-corrected chi connectivity index (χ2v) is 5.15. The smallest absolute Gasteiger partial charge is 0.251 e. The Kier molecular flexibility index (Phi) is 4.94. The highest BCUT2D eigenvalue weighted by Crippen LogP contribution is 2.26. The fraction of sp³-hybridized carbons (Fsp3) is 0.133. The molecule has 4 nitrogen and oxygen atoms in total. The van der Waals surface area contributed by atoms with Crippen LogP contribution in [0.5, 0.6) is 5.75 Å². The molecule has 6 heteroatoms. The van der Waals surface area contributed by atoms with Gasteiger partial charge in [0, 0.05) is 22.7 Å². The predicted octanol–water partition coefficient (Wildman–Crippen LogP) is 3.51. The fourth-order valence-electron chi connectivity index (χ4n) is 1.86. The van der Waals surface area contributed by atoms with Crippen LogP contribution in [0.2, 0.25) is 10.0 Å². The van der Waals surface area contributed by atoms with Gasteiger partial charge < -0.3 is 15.8 Å². The third-order valence-corrected chi connectivity index (χ3v) is 3.68. The zero-order valence-electron chi connectivity index (χ0n) is 11.3. The monoisotopic (exact) mass is 324 g/mol. The molecule has 1 amide bonds. The van der Waals surface area contributed by atoms with Crippen LogP contribution in [0.1, 0.15) is 15.9 Å². The van der Waals surface area contributed by atoms with Crippen LogP contribution in [0.3, 0.4) is 0 Å². The number of nitrogen functional groups attached to an aromatic ring is 1. The van der Waals surface area contributed by atoms with Gasteiger partial charge in [-0.05, 0) is 30.3 Å². The molecule has 2 aromatic rings. The van der Waals surface area contributed by atoms with Crippen molar-refractivity contribution < 1.29 is 9.53 Å². The number of carbonyl (C=O) groups excluding carboxylic acids is 1. The third kappa shape index (κ3) is 3.60. The summed E-state index contributed by atoms with van der Waals surface area (Å²) in [5, 5.41) is 3.72. The first-order chi connectivity index (χ1) is 10.0. The molecule has 2 aromatic carbocycles. The summed E-state index contributed by atoms with van der Waals surface area (Å²) in [6, 6.07) is 10.0. The molecule has 21 heavy (non-hydrogen) atoms. The van der Waals surface area contributed by atoms with Crippen molar-refractivity contribution >= 4 is 34.8 Å². The highest BCUT2D eigenvalue weighted by Gasteiger charge is 2.11. The Bertz CT molecular complexity index is 675. The standard InChI is InChI=1S/C15H14Cl2N2O2/c1-21-14-4-2-3-11(16)10(14)8-19-15(20)9-5-6-12(17)13(18)7-9/h2-7H,8,18H2,1H3,(H,19,20). The zero-order valence-corrected chi connectivity index (χ0v) is 12.8. The zero-order chi connectivity index (χ0) is 15.4. The highest BCUT2D eigenvalue weighted by molar-refractivity contribution is 6.33. The number of rotatable bonds is 4. The van der Waals surface area contributed by atoms with Gasteiger partial charge in [-0.25, -0.2) is 0 Å². The van der Waals surface area contributed by atoms with E-state index in [4.69, 9.17) is 33.7 Å². The summed E-state index contributed by atoms with van der Waals surface area (Å²) in [6.07, 6.45) is 0. The van der Waals surface area contributed by atoms with Gasteiger partial charge in [0.1, 0.15) is 5.75 Å². The van der Waals surface area contributed by atoms with Gasteiger partial charge in [-0.1, -0.05) is 29.3 Å². The number of halogens is 2. The molecule has 0 aromatic heterocycles. The molecule has 0 radical (unpaired) electrons. The van der Waals surface area contributed by atoms with Gasteiger partial charge in [0.25, 0.3) is 5.91 Å². The van der Waals surface area contributed by atoms with Crippen molar-refractivity contribution in [3.8, 4) is 5.75 Å². The first kappa shape index (κ1) is 15.5. The first-order valence-corrected chi connectivity index (χ1v) is 6.93. The summed E-state index contributed by atoms with van der Waals surface area (Å²) >= 11 is 11.9. The molecule has 0 bridgehead atoms. The lowest BCUT2D eigenvalue weighted by atomic mass is 10.1. The van der Waals surface area contributed by atoms with Gasteiger partial charge in [-0.15, -0.1) is 0 Å². The molecule has 0 unspecified atom stereocenters. The third-order valence-electron chi connectivity index (χ3n) is 2.98. The Hall–Kier alpha value is -1.91. The molecule has 0 aliphatic carbocycles. The molecule has 0 spiro atoms. The highest BCUT2D eigenvalue weighted by atomic mass is 35.5. The van der Waals surface area contributed by atoms with E-state index >= 15 is 0 Å². The molecule has 0 aliphatic heterocycles. The number of nitrogens with two attached hydrogens (primary N) is 1. The average Bonchev–Trinajstić information content (AvgIpc) is 2.48. The van der Waals surface area contributed by atoms with Crippen molar-refractivity contribution in [3.63, 3.8) is 0 Å². The van der Waals surface area contributed by atoms with E-state index in [2.05, 4.69) is 5.32 Å². The first-order valence-electron chi connectivity index (χ1n) is 6.17. The predicted molar refractivity (Wildman–Crippen MR) is 85.0 cm³/mol. The Labute approximate surface area is 132 Å². The number of hydrogen-bond acceptors (Lipinski definition) is 3. The number of amides is 1. The molecule has 110 valence electrons. The van der Waals surface area contributed by atoms with Crippen molar-refractivity contribution in [2.45, 2.75) is 6.54 Å². The molecule has 0 fully saturated rings. The van der Waals surface area contributed by atoms with Gasteiger partial charge in [0.15, 0.2) is 0 Å². The topological polar surface area (TPSA) is 64.3 Å². The summed E-state index contributed by atoms with van der Waals surface area (Å²) < 4.78 is 5.23. The number of carbonyl (C=O) groups is 1. The summed E-state index contributed by atoms with van der Waals surface area (Å²) in [5.74, 6) is 0.360. The minimum atomic E-state index is -0.264. The minimum absolute atomic E-state index is 0.254. The summed E-state index contributed by atoms with van der Waals surface area (Å²) in [4.78, 5) is 12.1. The second-order valence-electron chi connectivity index (χ2n) is 4.34. The van der Waals surface area contributed by atoms with Gasteiger partial charge in [-0.2, -0.15) is 0 Å². The van der Waals surface area contributed by atoms with E-state index < -0.39 is 0 Å². The molecular formula is C15H14Cl2N2O2. The van der Waals surface area contributed by atoms with Crippen molar-refractivity contribution in [1.82, 2.24) is 5.32 Å². The van der Waals surface area contributed by atoms with E-state index in [-0.39, 0.29) is 12.5 Å². The van der Waals surface area contributed by atoms with Crippen LogP contribution in [0.15, 0.2) is 36.4 Å². The van der Waals surface area contributed by atoms with Crippen molar-refractivity contribution in [1.29, 1.82) is 0 Å². The molecular weight excluding hydrogens is 311 g/mol. The lowest BCUT2D eigenvalue weighted by Gasteiger charge is -2.11. The van der Waals surface area contributed by atoms with Gasteiger partial charge in [0.05, 0.1) is 17.8 Å². The summed E-state index contributed by atoms with van der Waals surface area (Å²) in [5.41, 5.74) is 7.20. The Balaban J connectivity index is 2.13. The molecule has 2 rings (SSSR count). The molecule has 3 N–H and O–H groups in total. The van der Waals surface area contributed by atoms with Crippen LogP contribution in [-0.4, -0.2) is 13.0 Å². The van der Waals surface area contributed by atoms with Crippen LogP contribution in [0, 0.1) is 0 Å². The molecule has 0 saturated carbocycles. The average molecular weight is 325 g/mol. The van der Waals surface area contributed by atoms with Crippen LogP contribution >= 0.6 is 23.2 Å². The largest absolute Gasteiger partial charge is 0.496 e. The van der Waals surface area contributed by atoms with Gasteiger partial charge in [-0.3, -0.25) is 4.79 Å². The number of anilines is 1. The lowest BCUT2D eigenvalue weighted by Crippen LogP contribution is -2.23. The van der Waals surface area contributed by atoms with Crippen molar-refractivity contribution in [3.05, 3.63) is 57.6 Å². The molecule has 0 heterocycles. The summed E-state index contributed by atoms with van der Waals surface area (Å²) in [6.45, 7) is 0.254. The Morgan fingerprint density at radius 1 is 1.24 bits per heavy atom. The molecule has 0 atom stereocenters. The molecule has 0 saturated heterocycles. The second kappa shape index (κ2) is 6.70. The van der Waals surface area contributed by atoms with Crippen molar-refractivity contribution in [2.24, 2.45) is 0 Å². The van der Waals surface area contributed by atoms with Gasteiger partial charge >= 0.3 is 0 Å². The molecule has 0 aliphatic rings. The van der Waals surface area contributed by atoms with E-state index in [1.807, 2.05) is 0 Å². The van der Waals surface area contributed by atoms with E-state index in [1.165, 1.54) is 6.07 Å². The van der Waals surface area contributed by atoms with Crippen molar-refractivity contribution in [2.75, 3.05) is 12.8 Å². The Morgan fingerprint density at radius 3 is 2.67 bits per heavy atom. The number of benzene rings is 2. The fourth-order valence-corrected chi connectivity index (χ4v) is 2.21. The minimum Gasteiger partial charge on any atom is -0.496 e. The normalized spacial score (nSPS) is 10.2. The van der Waals surface area contributed by atoms with Gasteiger partial charge in [0.2, 0.25) is 0 Å². The van der Waals surface area contributed by atoms with E-state index in [9.17, 15) is 4.79 Å². The lowest BCUT2D eigenvalue weighted by molar-refractivity contribution is 0.0951. The number of methoxy groups -OCH3 is 1. The number of hydrogen-bond donors (Lipinski definition) is 2. The van der Waals surface area contributed by atoms with Crippen LogP contribution in [0.25, 0.3) is 0 Å². The van der Waals surface area contributed by atoms with E-state index in [0.29, 0.717) is 27.0 Å². The number of nitrogens with one attached hydrogen (secondary N) is 1. The SMILES string of the molecule is COc1cccc(Cl)c1CNC(=O)c1ccc(Cl)c(N)c1. The van der Waals surface area contributed by atoms with Crippen LogP contribution in [0.4, 0.5) is 5.69 Å². The quantitative estimate of drug-likeness (QED) is 0.846. The number of ether oxygens (including phenoxy) is 1. The Morgan fingerprint density at radius 2 is 2.00 bits per heavy atom. The maximum atomic E-state index is 12.1. The van der Waals surface area contributed by atoms with E-state index in [1.54, 1.807) is 37.4 Å². The maximum Gasteiger partial charge on any atom is 0.251 e. The summed E-state index contributed by atoms with van der Waals surface area (Å²) in [7, 11) is 1.55. The van der Waals surface area contributed by atoms with Crippen LogP contribution < -0.4 is 15.8 Å². The maximum absolute atomic E-state index is 12.1. The van der Waals surface area contributed by atoms with Crippen LogP contribution in [-0.2, 0) is 6.54 Å².